The van der Waals surface area contributed by atoms with Crippen LogP contribution in [-0.2, 0) is 0 Å². The Bertz CT molecular complexity index is 73.4. The molecule has 0 radical (unpaired) electrons. The van der Waals surface area contributed by atoms with Crippen LogP contribution in [0.4, 0.5) is 0 Å². The average molecular weight is 75.0 g/mol. The third-order valence-electron chi connectivity index (χ3n) is 0.135. The molecule has 0 aliphatic carbocycles. The van der Waals surface area contributed by atoms with Crippen LogP contribution in [0.3, 0.4) is 0 Å². The van der Waals surface area contributed by atoms with Gasteiger partial charge in [0.1, 0.15) is 6.20 Å². The van der Waals surface area contributed by atoms with Gasteiger partial charge in [-0.3, -0.25) is 0 Å². The second kappa shape index (κ2) is 8.82. The summed E-state index contributed by atoms with van der Waals surface area (Å²) in [6, 6.07) is 0. The van der Waals surface area contributed by atoms with Crippen LogP contribution in [0.15, 0.2) is 12.5 Å². The van der Waals surface area contributed by atoms with Crippen molar-refractivity contribution in [3.05, 3.63) is 23.9 Å². The fourth-order valence-electron chi connectivity index (χ4n) is 0.0304. The van der Waals surface area contributed by atoms with Gasteiger partial charge in [-0.15, -0.1) is 0 Å². The third-order valence-corrected chi connectivity index (χ3v) is 0.135. The standard InChI is InChI=1S/C3H3NO.Li/c1-4-2-3-5;/h2-3,5H;/q;+1/p-1/b3-2-;. The molecule has 0 aromatic rings. The number of rotatable bonds is 0. The van der Waals surface area contributed by atoms with Crippen molar-refractivity contribution < 1.29 is 24.0 Å². The molecule has 0 atom stereocenters. The fraction of sp³-hybridized carbons (Fsp3) is 0. The van der Waals surface area contributed by atoms with Gasteiger partial charge in [0, 0.05) is 0 Å². The zero-order chi connectivity index (χ0) is 4.12. The molecule has 26 valence electrons. The van der Waals surface area contributed by atoms with Gasteiger partial charge >= 0.3 is 18.9 Å². The Kier molecular flexibility index (Phi) is 13.5. The van der Waals surface area contributed by atoms with E-state index in [2.05, 4.69) is 4.85 Å². The van der Waals surface area contributed by atoms with E-state index >= 15 is 0 Å². The summed E-state index contributed by atoms with van der Waals surface area (Å²) in [6.45, 7) is 5.94. The van der Waals surface area contributed by atoms with E-state index in [1.165, 1.54) is 0 Å². The Hall–Kier alpha value is -0.373. The maximum absolute atomic E-state index is 9.14. The van der Waals surface area contributed by atoms with Gasteiger partial charge in [-0.1, -0.05) is 0 Å². The molecule has 0 aliphatic rings. The van der Waals surface area contributed by atoms with Gasteiger partial charge in [-0.05, 0) is 0 Å². The molecule has 0 aromatic carbocycles. The predicted octanol–water partition coefficient (Wildman–Crippen LogP) is -3.26. The van der Waals surface area contributed by atoms with Gasteiger partial charge in [-0.2, -0.15) is 6.26 Å². The molecule has 0 bridgehead atoms. The Morgan fingerprint density at radius 3 is 2.17 bits per heavy atom. The van der Waals surface area contributed by atoms with Crippen molar-refractivity contribution in [2.24, 2.45) is 0 Å². The Morgan fingerprint density at radius 2 is 2.17 bits per heavy atom. The smallest absolute Gasteiger partial charge is 0.887 e. The second-order valence-corrected chi connectivity index (χ2v) is 0.414. The SMILES string of the molecule is [C-]#[N+]/C=C\[O-].[Li+]. The largest absolute Gasteiger partial charge is 1.00 e. The van der Waals surface area contributed by atoms with Crippen LogP contribution in [-0.4, -0.2) is 0 Å². The molecular formula is C3H2LiNO. The van der Waals surface area contributed by atoms with Crippen LogP contribution >= 0.6 is 0 Å². The molecular weight excluding hydrogens is 73.0 g/mol. The van der Waals surface area contributed by atoms with Crippen LogP contribution < -0.4 is 24.0 Å². The Morgan fingerprint density at radius 1 is 1.67 bits per heavy atom. The predicted molar refractivity (Wildman–Crippen MR) is 15.7 cm³/mol. The summed E-state index contributed by atoms with van der Waals surface area (Å²) >= 11 is 0. The first-order valence-electron chi connectivity index (χ1n) is 1.05. The molecule has 0 saturated heterocycles. The quantitative estimate of drug-likeness (QED) is 0.169. The molecule has 0 amide bonds. The summed E-state index contributed by atoms with van der Waals surface area (Å²) in [4.78, 5) is 2.61. The molecule has 0 N–H and O–H groups in total. The van der Waals surface area contributed by atoms with Crippen molar-refractivity contribution in [1.29, 1.82) is 0 Å². The van der Waals surface area contributed by atoms with Gasteiger partial charge in [0.05, 0.1) is 6.57 Å². The minimum Gasteiger partial charge on any atom is -0.887 e. The summed E-state index contributed by atoms with van der Waals surface area (Å²) in [5, 5.41) is 9.14. The molecule has 0 spiro atoms. The van der Waals surface area contributed by atoms with E-state index in [1.54, 1.807) is 0 Å². The summed E-state index contributed by atoms with van der Waals surface area (Å²) in [5.74, 6) is 0. The monoisotopic (exact) mass is 75.0 g/mol. The normalized spacial score (nSPS) is 6.50. The maximum Gasteiger partial charge on any atom is 1.00 e. The minimum atomic E-state index is 0. The van der Waals surface area contributed by atoms with Crippen LogP contribution in [0.25, 0.3) is 4.85 Å². The van der Waals surface area contributed by atoms with E-state index in [9.17, 15) is 0 Å². The van der Waals surface area contributed by atoms with Gasteiger partial charge in [0.2, 0.25) is 0 Å². The molecule has 0 aromatic heterocycles. The topological polar surface area (TPSA) is 27.4 Å². The van der Waals surface area contributed by atoms with E-state index in [-0.39, 0.29) is 18.9 Å². The summed E-state index contributed by atoms with van der Waals surface area (Å²) < 4.78 is 0. The minimum absolute atomic E-state index is 0. The van der Waals surface area contributed by atoms with E-state index < -0.39 is 0 Å². The first kappa shape index (κ1) is 9.16. The van der Waals surface area contributed by atoms with Gasteiger partial charge in [-0.25, -0.2) is 4.85 Å². The van der Waals surface area contributed by atoms with E-state index in [0.29, 0.717) is 6.26 Å². The second-order valence-electron chi connectivity index (χ2n) is 0.414. The van der Waals surface area contributed by atoms with Crippen molar-refractivity contribution in [3.63, 3.8) is 0 Å². The molecule has 0 rings (SSSR count). The molecule has 0 fully saturated rings. The number of hydrogen-bond acceptors (Lipinski definition) is 1. The molecule has 0 heterocycles. The summed E-state index contributed by atoms with van der Waals surface area (Å²) in [7, 11) is 0. The maximum atomic E-state index is 9.14. The van der Waals surface area contributed by atoms with Crippen LogP contribution in [0.5, 0.6) is 0 Å². The Balaban J connectivity index is 0. The van der Waals surface area contributed by atoms with Crippen molar-refractivity contribution in [2.45, 2.75) is 0 Å². The van der Waals surface area contributed by atoms with Crippen LogP contribution in [0.2, 0.25) is 0 Å². The first-order chi connectivity index (χ1) is 2.41. The van der Waals surface area contributed by atoms with Gasteiger partial charge < -0.3 is 5.11 Å². The summed E-state index contributed by atoms with van der Waals surface area (Å²) in [5.41, 5.74) is 0. The third kappa shape index (κ3) is 9.45. The Labute approximate surface area is 48.5 Å². The van der Waals surface area contributed by atoms with E-state index in [4.69, 9.17) is 11.7 Å². The van der Waals surface area contributed by atoms with Crippen molar-refractivity contribution in [2.75, 3.05) is 0 Å². The number of hydrogen-bond donors (Lipinski definition) is 0. The van der Waals surface area contributed by atoms with Crippen molar-refractivity contribution in [1.82, 2.24) is 0 Å². The van der Waals surface area contributed by atoms with Crippen LogP contribution in [0.1, 0.15) is 0 Å². The average Bonchev–Trinajstić information content (AvgIpc) is 1.41. The first-order valence-corrected chi connectivity index (χ1v) is 1.05. The molecule has 3 heteroatoms. The molecule has 6 heavy (non-hydrogen) atoms. The molecule has 0 saturated carbocycles. The van der Waals surface area contributed by atoms with E-state index in [1.807, 2.05) is 0 Å². The molecule has 0 unspecified atom stereocenters. The van der Waals surface area contributed by atoms with Crippen molar-refractivity contribution in [3.8, 4) is 0 Å². The van der Waals surface area contributed by atoms with Crippen LogP contribution in [0, 0.1) is 6.57 Å². The van der Waals surface area contributed by atoms with Crippen molar-refractivity contribution >= 4 is 0 Å². The molecule has 2 nitrogen and oxygen atoms in total. The fourth-order valence-corrected chi connectivity index (χ4v) is 0.0304. The van der Waals surface area contributed by atoms with Gasteiger partial charge in [0.25, 0.3) is 0 Å². The zero-order valence-corrected chi connectivity index (χ0v) is 3.51. The number of nitrogens with zero attached hydrogens (tertiary/aromatic N) is 1. The van der Waals surface area contributed by atoms with Gasteiger partial charge in [0.15, 0.2) is 0 Å². The van der Waals surface area contributed by atoms with E-state index in [0.717, 1.165) is 6.20 Å². The zero-order valence-electron chi connectivity index (χ0n) is 3.51. The molecule has 0 aliphatic heterocycles. The summed E-state index contributed by atoms with van der Waals surface area (Å²) in [6.07, 6.45) is 1.31.